The summed E-state index contributed by atoms with van der Waals surface area (Å²) in [5, 5.41) is 17.2. The highest BCUT2D eigenvalue weighted by molar-refractivity contribution is 9.10. The van der Waals surface area contributed by atoms with E-state index in [4.69, 9.17) is 0 Å². The highest BCUT2D eigenvalue weighted by atomic mass is 79.9. The third kappa shape index (κ3) is 3.99. The monoisotopic (exact) mass is 502 g/mol. The number of aromatic hydroxyl groups is 1. The molecule has 0 aliphatic carbocycles. The molecule has 3 nitrogen and oxygen atoms in total. The molecule has 6 heteroatoms. The van der Waals surface area contributed by atoms with E-state index in [9.17, 15) is 9.50 Å². The molecule has 4 rings (SSSR count). The molecule has 3 N–H and O–H groups in total. The molecule has 0 fully saturated rings. The van der Waals surface area contributed by atoms with Crippen LogP contribution in [0.2, 0.25) is 0 Å². The number of hydrogen-bond acceptors (Lipinski definition) is 3. The predicted octanol–water partition coefficient (Wildman–Crippen LogP) is 6.03. The summed E-state index contributed by atoms with van der Waals surface area (Å²) in [4.78, 5) is 0. The first kappa shape index (κ1) is 19.2. The van der Waals surface area contributed by atoms with Gasteiger partial charge < -0.3 is 10.4 Å². The van der Waals surface area contributed by atoms with E-state index in [1.165, 1.54) is 6.07 Å². The summed E-state index contributed by atoms with van der Waals surface area (Å²) in [5.41, 5.74) is 3.07. The van der Waals surface area contributed by atoms with Gasteiger partial charge in [-0.1, -0.05) is 62.2 Å². The quantitative estimate of drug-likeness (QED) is 0.409. The van der Waals surface area contributed by atoms with Crippen LogP contribution < -0.4 is 10.6 Å². The van der Waals surface area contributed by atoms with E-state index in [-0.39, 0.29) is 17.6 Å². The smallest absolute Gasteiger partial charge is 0.129 e. The van der Waals surface area contributed by atoms with E-state index < -0.39 is 6.17 Å². The molecular weight excluding hydrogens is 487 g/mol. The molecule has 0 saturated heterocycles. The Bertz CT molecular complexity index is 1040. The molecule has 0 aromatic heterocycles. The number of nitrogens with one attached hydrogen (secondary N) is 2. The molecule has 0 bridgehead atoms. The van der Waals surface area contributed by atoms with E-state index in [1.807, 2.05) is 42.5 Å². The second-order valence-electron chi connectivity index (χ2n) is 6.53. The Hall–Kier alpha value is -2.15. The normalized spacial score (nSPS) is 19.0. The van der Waals surface area contributed by atoms with Crippen molar-refractivity contribution in [3.8, 4) is 5.75 Å². The Balaban J connectivity index is 1.79. The van der Waals surface area contributed by atoms with Gasteiger partial charge in [0.15, 0.2) is 0 Å². The van der Waals surface area contributed by atoms with Crippen molar-refractivity contribution in [2.75, 3.05) is 0 Å². The Morgan fingerprint density at radius 2 is 1.57 bits per heavy atom. The lowest BCUT2D eigenvalue weighted by atomic mass is 9.98. The first-order valence-corrected chi connectivity index (χ1v) is 10.3. The van der Waals surface area contributed by atoms with Gasteiger partial charge in [-0.3, -0.25) is 5.32 Å². The van der Waals surface area contributed by atoms with Gasteiger partial charge in [0.05, 0.1) is 6.04 Å². The molecule has 1 aliphatic rings. The fourth-order valence-corrected chi connectivity index (χ4v) is 3.92. The van der Waals surface area contributed by atoms with Crippen LogP contribution >= 0.6 is 31.9 Å². The van der Waals surface area contributed by atoms with Crippen molar-refractivity contribution in [2.45, 2.75) is 12.2 Å². The van der Waals surface area contributed by atoms with Crippen LogP contribution in [-0.2, 0) is 0 Å². The average molecular weight is 504 g/mol. The van der Waals surface area contributed by atoms with Crippen LogP contribution in [-0.4, -0.2) is 5.11 Å². The molecule has 28 heavy (non-hydrogen) atoms. The summed E-state index contributed by atoms with van der Waals surface area (Å²) >= 11 is 6.92. The van der Waals surface area contributed by atoms with Crippen LogP contribution in [0.3, 0.4) is 0 Å². The predicted molar refractivity (Wildman–Crippen MR) is 116 cm³/mol. The topological polar surface area (TPSA) is 44.3 Å². The molecule has 0 radical (unpaired) electrons. The van der Waals surface area contributed by atoms with Crippen LogP contribution in [0, 0.1) is 5.82 Å². The van der Waals surface area contributed by atoms with Crippen LogP contribution in [0.4, 0.5) is 4.39 Å². The van der Waals surface area contributed by atoms with Crippen molar-refractivity contribution in [3.05, 3.63) is 104 Å². The minimum atomic E-state index is -0.451. The van der Waals surface area contributed by atoms with Gasteiger partial charge in [-0.15, -0.1) is 0 Å². The molecule has 142 valence electrons. The molecular formula is C22H17Br2FN2O. The number of hydrogen-bond donors (Lipinski definition) is 3. The highest BCUT2D eigenvalue weighted by Gasteiger charge is 2.27. The van der Waals surface area contributed by atoms with Gasteiger partial charge in [-0.25, -0.2) is 4.39 Å². The zero-order valence-corrected chi connectivity index (χ0v) is 17.8. The van der Waals surface area contributed by atoms with Crippen LogP contribution in [0.15, 0.2) is 81.8 Å². The third-order valence-electron chi connectivity index (χ3n) is 4.68. The van der Waals surface area contributed by atoms with Crippen molar-refractivity contribution in [2.24, 2.45) is 0 Å². The van der Waals surface area contributed by atoms with E-state index in [0.717, 1.165) is 20.2 Å². The first-order valence-electron chi connectivity index (χ1n) is 8.74. The summed E-state index contributed by atoms with van der Waals surface area (Å²) in [6.07, 6.45) is 1.55. The van der Waals surface area contributed by atoms with E-state index in [2.05, 4.69) is 42.5 Å². The van der Waals surface area contributed by atoms with E-state index >= 15 is 0 Å². The summed E-state index contributed by atoms with van der Waals surface area (Å²) < 4.78 is 16.3. The van der Waals surface area contributed by atoms with Gasteiger partial charge in [-0.2, -0.15) is 0 Å². The number of halogens is 3. The third-order valence-corrected chi connectivity index (χ3v) is 5.70. The van der Waals surface area contributed by atoms with E-state index in [0.29, 0.717) is 11.1 Å². The molecule has 3 aromatic rings. The Labute approximate surface area is 179 Å². The second-order valence-corrected chi connectivity index (χ2v) is 8.36. The van der Waals surface area contributed by atoms with Crippen molar-refractivity contribution in [1.82, 2.24) is 10.6 Å². The molecule has 3 aromatic carbocycles. The Kier molecular flexibility index (Phi) is 5.53. The Morgan fingerprint density at radius 3 is 2.32 bits per heavy atom. The first-order chi connectivity index (χ1) is 13.5. The number of rotatable bonds is 3. The maximum Gasteiger partial charge on any atom is 0.129 e. The summed E-state index contributed by atoms with van der Waals surface area (Å²) in [6.45, 7) is 0. The lowest BCUT2D eigenvalue weighted by molar-refractivity contribution is 0.409. The van der Waals surface area contributed by atoms with Gasteiger partial charge in [-0.05, 0) is 48.0 Å². The average Bonchev–Trinajstić information content (AvgIpc) is 2.70. The molecule has 0 amide bonds. The molecule has 2 atom stereocenters. The molecule has 1 aliphatic heterocycles. The zero-order valence-electron chi connectivity index (χ0n) is 14.7. The standard InChI is InChI=1S/C22H17Br2FN2O/c23-14-7-5-13(6-8-14)19-12-20(17-11-15(24)9-10-21(17)28)27-22(26-19)16-3-1-2-4-18(16)25/h1-12,20,22,26-28H. The van der Waals surface area contributed by atoms with Crippen LogP contribution in [0.1, 0.15) is 28.9 Å². The van der Waals surface area contributed by atoms with Crippen molar-refractivity contribution in [3.63, 3.8) is 0 Å². The lowest BCUT2D eigenvalue weighted by Gasteiger charge is -2.33. The molecule has 0 saturated carbocycles. The summed E-state index contributed by atoms with van der Waals surface area (Å²) in [7, 11) is 0. The Morgan fingerprint density at radius 1 is 0.857 bits per heavy atom. The zero-order chi connectivity index (χ0) is 19.7. The highest BCUT2D eigenvalue weighted by Crippen LogP contribution is 2.35. The van der Waals surface area contributed by atoms with Gasteiger partial charge in [0.25, 0.3) is 0 Å². The number of phenols is 1. The summed E-state index contributed by atoms with van der Waals surface area (Å²) in [5.74, 6) is -0.108. The number of phenolic OH excluding ortho intramolecular Hbond substituents is 1. The van der Waals surface area contributed by atoms with E-state index in [1.54, 1.807) is 24.3 Å². The maximum atomic E-state index is 14.5. The minimum Gasteiger partial charge on any atom is -0.508 e. The molecule has 0 spiro atoms. The van der Waals surface area contributed by atoms with Crippen molar-refractivity contribution < 1.29 is 9.50 Å². The molecule has 1 heterocycles. The van der Waals surface area contributed by atoms with Gasteiger partial charge in [0.1, 0.15) is 17.7 Å². The second kappa shape index (κ2) is 8.07. The van der Waals surface area contributed by atoms with Gasteiger partial charge in [0, 0.05) is 25.8 Å². The summed E-state index contributed by atoms with van der Waals surface area (Å²) in [6, 6.07) is 19.6. The van der Waals surface area contributed by atoms with Crippen LogP contribution in [0.5, 0.6) is 5.75 Å². The van der Waals surface area contributed by atoms with Crippen molar-refractivity contribution >= 4 is 37.6 Å². The van der Waals surface area contributed by atoms with Gasteiger partial charge in [0.2, 0.25) is 0 Å². The van der Waals surface area contributed by atoms with Crippen molar-refractivity contribution in [1.29, 1.82) is 0 Å². The van der Waals surface area contributed by atoms with Gasteiger partial charge >= 0.3 is 0 Å². The fraction of sp³-hybridized carbons (Fsp3) is 0.0909. The largest absolute Gasteiger partial charge is 0.508 e. The fourth-order valence-electron chi connectivity index (χ4n) is 3.28. The SMILES string of the molecule is Oc1ccc(Br)cc1C1C=C(c2ccc(Br)cc2)NC(c2ccccc2F)N1. The number of benzene rings is 3. The van der Waals surface area contributed by atoms with Crippen LogP contribution in [0.25, 0.3) is 5.70 Å². The molecule has 2 unspecified atom stereocenters. The lowest BCUT2D eigenvalue weighted by Crippen LogP contribution is -2.40. The maximum absolute atomic E-state index is 14.5. The minimum absolute atomic E-state index is 0.182.